The highest BCUT2D eigenvalue weighted by Crippen LogP contribution is 2.01. The van der Waals surface area contributed by atoms with Gasteiger partial charge in [0.05, 0.1) is 6.61 Å². The van der Waals surface area contributed by atoms with Gasteiger partial charge >= 0.3 is 5.97 Å². The Balaban J connectivity index is 4.05. The average Bonchev–Trinajstić information content (AvgIpc) is 2.34. The Morgan fingerprint density at radius 3 is 2.39 bits per heavy atom. The summed E-state index contributed by atoms with van der Waals surface area (Å²) < 4.78 is 10.0. The van der Waals surface area contributed by atoms with Gasteiger partial charge in [0.15, 0.2) is 0 Å². The average molecular weight is 259 g/mol. The fraction of sp³-hybridized carbons (Fsp3) is 0.846. The number of ether oxygens (including phenoxy) is 2. The minimum Gasteiger partial charge on any atom is -0.465 e. The summed E-state index contributed by atoms with van der Waals surface area (Å²) in [6, 6.07) is 0. The Morgan fingerprint density at radius 1 is 1.11 bits per heavy atom. The third kappa shape index (κ3) is 8.06. The molecule has 106 valence electrons. The van der Waals surface area contributed by atoms with Crippen molar-refractivity contribution in [3.05, 3.63) is 0 Å². The molecule has 0 bridgehead atoms. The Hall–Kier alpha value is -1.10. The molecule has 0 aliphatic carbocycles. The van der Waals surface area contributed by atoms with Crippen LogP contribution in [0.3, 0.4) is 0 Å². The molecule has 0 saturated carbocycles. The van der Waals surface area contributed by atoms with E-state index in [-0.39, 0.29) is 18.4 Å². The van der Waals surface area contributed by atoms with Gasteiger partial charge < -0.3 is 14.4 Å². The number of hydrogen-bond donors (Lipinski definition) is 0. The number of amides is 1. The predicted molar refractivity (Wildman–Crippen MR) is 69.2 cm³/mol. The molecule has 0 unspecified atom stereocenters. The molecule has 5 heteroatoms. The molecule has 0 spiro atoms. The summed E-state index contributed by atoms with van der Waals surface area (Å²) in [6.07, 6.45) is 1.94. The molecule has 0 fully saturated rings. The summed E-state index contributed by atoms with van der Waals surface area (Å²) in [7, 11) is 0. The fourth-order valence-corrected chi connectivity index (χ4v) is 1.55. The lowest BCUT2D eigenvalue weighted by atomic mass is 10.2. The maximum Gasteiger partial charge on any atom is 0.325 e. The highest BCUT2D eigenvalue weighted by molar-refractivity contribution is 5.82. The number of carbonyl (C=O) groups excluding carboxylic acids is 2. The van der Waals surface area contributed by atoms with Crippen LogP contribution in [-0.4, -0.2) is 49.7 Å². The molecule has 0 heterocycles. The number of rotatable bonds is 10. The molecule has 1 amide bonds. The first-order chi connectivity index (χ1) is 8.65. The van der Waals surface area contributed by atoms with Gasteiger partial charge in [-0.1, -0.05) is 6.92 Å². The summed E-state index contributed by atoms with van der Waals surface area (Å²) in [6.45, 7) is 7.89. The van der Waals surface area contributed by atoms with Gasteiger partial charge in [0.2, 0.25) is 5.91 Å². The van der Waals surface area contributed by atoms with Crippen molar-refractivity contribution in [1.29, 1.82) is 0 Å². The van der Waals surface area contributed by atoms with E-state index >= 15 is 0 Å². The molecule has 5 nitrogen and oxygen atoms in total. The van der Waals surface area contributed by atoms with E-state index in [1.165, 1.54) is 0 Å². The van der Waals surface area contributed by atoms with Crippen molar-refractivity contribution in [3.8, 4) is 0 Å². The van der Waals surface area contributed by atoms with Crippen LogP contribution in [0.1, 0.15) is 40.0 Å². The molecule has 0 N–H and O–H groups in total. The summed E-state index contributed by atoms with van der Waals surface area (Å²) in [5, 5.41) is 0. The van der Waals surface area contributed by atoms with Crippen LogP contribution in [0.4, 0.5) is 0 Å². The number of hydrogen-bond acceptors (Lipinski definition) is 4. The van der Waals surface area contributed by atoms with Crippen molar-refractivity contribution in [2.24, 2.45) is 0 Å². The minimum atomic E-state index is -0.343. The first-order valence-electron chi connectivity index (χ1n) is 6.66. The molecule has 0 aromatic carbocycles. The van der Waals surface area contributed by atoms with Gasteiger partial charge in [0.25, 0.3) is 0 Å². The molecule has 0 aromatic heterocycles. The van der Waals surface area contributed by atoms with Crippen LogP contribution in [0, 0.1) is 0 Å². The Labute approximate surface area is 109 Å². The molecular weight excluding hydrogens is 234 g/mol. The van der Waals surface area contributed by atoms with Crippen molar-refractivity contribution < 1.29 is 19.1 Å². The first-order valence-corrected chi connectivity index (χ1v) is 6.66. The highest BCUT2D eigenvalue weighted by atomic mass is 16.5. The number of nitrogens with zero attached hydrogens (tertiary/aromatic N) is 1. The monoisotopic (exact) mass is 259 g/mol. The van der Waals surface area contributed by atoms with Gasteiger partial charge in [0, 0.05) is 26.2 Å². The minimum absolute atomic E-state index is 0.00962. The van der Waals surface area contributed by atoms with E-state index in [4.69, 9.17) is 9.47 Å². The van der Waals surface area contributed by atoms with Gasteiger partial charge in [-0.2, -0.15) is 0 Å². The van der Waals surface area contributed by atoms with Gasteiger partial charge in [-0.15, -0.1) is 0 Å². The van der Waals surface area contributed by atoms with E-state index in [1.54, 1.807) is 11.8 Å². The van der Waals surface area contributed by atoms with Gasteiger partial charge in [-0.25, -0.2) is 0 Å². The SMILES string of the molecule is CCCN(CC(=O)OCC)C(=O)CCCOCC. The number of carbonyl (C=O) groups is 2. The van der Waals surface area contributed by atoms with E-state index in [1.807, 2.05) is 13.8 Å². The summed E-state index contributed by atoms with van der Waals surface area (Å²) in [5.74, 6) is -0.353. The van der Waals surface area contributed by atoms with Crippen LogP contribution >= 0.6 is 0 Å². The van der Waals surface area contributed by atoms with E-state index in [0.29, 0.717) is 39.2 Å². The Kier molecular flexibility index (Phi) is 10.3. The van der Waals surface area contributed by atoms with E-state index in [2.05, 4.69) is 0 Å². The maximum atomic E-state index is 11.9. The molecule has 0 saturated heterocycles. The van der Waals surface area contributed by atoms with Crippen LogP contribution < -0.4 is 0 Å². The zero-order chi connectivity index (χ0) is 13.8. The molecule has 0 aromatic rings. The Bertz CT molecular complexity index is 243. The summed E-state index contributed by atoms with van der Waals surface area (Å²) >= 11 is 0. The second-order valence-corrected chi connectivity index (χ2v) is 3.92. The lowest BCUT2D eigenvalue weighted by Crippen LogP contribution is -2.37. The van der Waals surface area contributed by atoms with E-state index in [0.717, 1.165) is 6.42 Å². The lowest BCUT2D eigenvalue weighted by Gasteiger charge is -2.21. The summed E-state index contributed by atoms with van der Waals surface area (Å²) in [4.78, 5) is 24.8. The topological polar surface area (TPSA) is 55.8 Å². The van der Waals surface area contributed by atoms with Crippen molar-refractivity contribution in [2.75, 3.05) is 32.9 Å². The zero-order valence-electron chi connectivity index (χ0n) is 11.7. The van der Waals surface area contributed by atoms with E-state index < -0.39 is 0 Å². The zero-order valence-corrected chi connectivity index (χ0v) is 11.7. The Morgan fingerprint density at radius 2 is 1.83 bits per heavy atom. The number of esters is 1. The van der Waals surface area contributed by atoms with Gasteiger partial charge in [-0.3, -0.25) is 9.59 Å². The molecule has 0 aliphatic heterocycles. The van der Waals surface area contributed by atoms with Crippen molar-refractivity contribution in [2.45, 2.75) is 40.0 Å². The third-order valence-corrected chi connectivity index (χ3v) is 2.35. The van der Waals surface area contributed by atoms with Crippen molar-refractivity contribution >= 4 is 11.9 Å². The van der Waals surface area contributed by atoms with Gasteiger partial charge in [-0.05, 0) is 26.7 Å². The standard InChI is InChI=1S/C13H25NO4/c1-4-9-14(11-13(16)18-6-3)12(15)8-7-10-17-5-2/h4-11H2,1-3H3. The molecule has 18 heavy (non-hydrogen) atoms. The van der Waals surface area contributed by atoms with Crippen molar-refractivity contribution in [3.63, 3.8) is 0 Å². The van der Waals surface area contributed by atoms with Crippen LogP contribution in [0.2, 0.25) is 0 Å². The molecule has 0 atom stereocenters. The van der Waals surface area contributed by atoms with Crippen LogP contribution in [0.25, 0.3) is 0 Å². The van der Waals surface area contributed by atoms with Crippen molar-refractivity contribution in [1.82, 2.24) is 4.90 Å². The molecule has 0 rings (SSSR count). The second-order valence-electron chi connectivity index (χ2n) is 3.92. The quantitative estimate of drug-likeness (QED) is 0.442. The fourth-order valence-electron chi connectivity index (χ4n) is 1.55. The largest absolute Gasteiger partial charge is 0.465 e. The smallest absolute Gasteiger partial charge is 0.325 e. The molecule has 0 aliphatic rings. The highest BCUT2D eigenvalue weighted by Gasteiger charge is 2.16. The normalized spacial score (nSPS) is 10.2. The lowest BCUT2D eigenvalue weighted by molar-refractivity contribution is -0.149. The third-order valence-electron chi connectivity index (χ3n) is 2.35. The summed E-state index contributed by atoms with van der Waals surface area (Å²) in [5.41, 5.74) is 0. The first kappa shape index (κ1) is 16.9. The predicted octanol–water partition coefficient (Wildman–Crippen LogP) is 1.60. The molecular formula is C13H25NO4. The van der Waals surface area contributed by atoms with E-state index in [9.17, 15) is 9.59 Å². The second kappa shape index (κ2) is 11.0. The van der Waals surface area contributed by atoms with Gasteiger partial charge in [0.1, 0.15) is 6.54 Å². The van der Waals surface area contributed by atoms with Crippen LogP contribution in [0.15, 0.2) is 0 Å². The molecule has 0 radical (unpaired) electrons. The van der Waals surface area contributed by atoms with Crippen LogP contribution in [0.5, 0.6) is 0 Å². The maximum absolute atomic E-state index is 11.9. The van der Waals surface area contributed by atoms with Crippen LogP contribution in [-0.2, 0) is 19.1 Å².